The van der Waals surface area contributed by atoms with Crippen molar-refractivity contribution < 1.29 is 4.21 Å². The monoisotopic (exact) mass is 344 g/mol. The van der Waals surface area contributed by atoms with Gasteiger partial charge < -0.3 is 0 Å². The Bertz CT molecular complexity index is 797. The van der Waals surface area contributed by atoms with Gasteiger partial charge in [-0.05, 0) is 43.9 Å². The van der Waals surface area contributed by atoms with Crippen LogP contribution in [0.2, 0.25) is 0 Å². The summed E-state index contributed by atoms with van der Waals surface area (Å²) in [5.41, 5.74) is 2.11. The Morgan fingerprint density at radius 2 is 1.60 bits per heavy atom. The highest BCUT2D eigenvalue weighted by Crippen LogP contribution is 2.37. The molecule has 0 radical (unpaired) electrons. The molecule has 0 bridgehead atoms. The van der Waals surface area contributed by atoms with E-state index in [4.69, 9.17) is 0 Å². The Hall–Kier alpha value is -1.45. The third-order valence-electron chi connectivity index (χ3n) is 3.31. The highest BCUT2D eigenvalue weighted by atomic mass is 79.9. The van der Waals surface area contributed by atoms with Crippen LogP contribution in [0.15, 0.2) is 70.0 Å². The van der Waals surface area contributed by atoms with Gasteiger partial charge in [0.15, 0.2) is 0 Å². The van der Waals surface area contributed by atoms with Crippen LogP contribution < -0.4 is 0 Å². The molecule has 1 atom stereocenters. The van der Waals surface area contributed by atoms with Gasteiger partial charge in [-0.25, -0.2) is 0 Å². The molecule has 100 valence electrons. The lowest BCUT2D eigenvalue weighted by Crippen LogP contribution is -1.95. The summed E-state index contributed by atoms with van der Waals surface area (Å²) in [7, 11) is -1.06. The summed E-state index contributed by atoms with van der Waals surface area (Å²) < 4.78 is 13.1. The van der Waals surface area contributed by atoms with Crippen LogP contribution in [0.1, 0.15) is 0 Å². The maximum Gasteiger partial charge on any atom is 0.0612 e. The largest absolute Gasteiger partial charge is 0.255 e. The van der Waals surface area contributed by atoms with Gasteiger partial charge in [-0.3, -0.25) is 4.21 Å². The fraction of sp³-hybridized carbons (Fsp3) is 0.0588. The minimum atomic E-state index is -1.06. The first-order chi connectivity index (χ1) is 9.68. The van der Waals surface area contributed by atoms with E-state index in [9.17, 15) is 4.21 Å². The van der Waals surface area contributed by atoms with Gasteiger partial charge in [-0.2, -0.15) is 0 Å². The number of fused-ring (bicyclic) bond motifs is 1. The lowest BCUT2D eigenvalue weighted by molar-refractivity contribution is 0.687. The van der Waals surface area contributed by atoms with E-state index in [1.54, 1.807) is 6.26 Å². The van der Waals surface area contributed by atoms with E-state index in [-0.39, 0.29) is 0 Å². The Morgan fingerprint density at radius 1 is 0.950 bits per heavy atom. The van der Waals surface area contributed by atoms with Gasteiger partial charge in [0.25, 0.3) is 0 Å². The van der Waals surface area contributed by atoms with Crippen molar-refractivity contribution in [3.05, 3.63) is 65.1 Å². The Balaban J connectivity index is 2.41. The SMILES string of the molecule is CS(=O)c1c(-c2ccccc2)cc2ccccc2c1Br. The fourth-order valence-electron chi connectivity index (χ4n) is 2.40. The van der Waals surface area contributed by atoms with Crippen molar-refractivity contribution in [1.29, 1.82) is 0 Å². The first kappa shape index (κ1) is 13.5. The minimum Gasteiger partial charge on any atom is -0.255 e. The van der Waals surface area contributed by atoms with E-state index in [1.807, 2.05) is 48.5 Å². The summed E-state index contributed by atoms with van der Waals surface area (Å²) in [5, 5.41) is 2.24. The molecule has 0 saturated heterocycles. The highest BCUT2D eigenvalue weighted by Gasteiger charge is 2.15. The first-order valence-corrected chi connectivity index (χ1v) is 8.63. The predicted octanol–water partition coefficient (Wildman–Crippen LogP) is 5.01. The van der Waals surface area contributed by atoms with Crippen LogP contribution in [0.5, 0.6) is 0 Å². The molecule has 0 aliphatic heterocycles. The molecule has 0 amide bonds. The summed E-state index contributed by atoms with van der Waals surface area (Å²) in [6, 6.07) is 20.3. The molecular formula is C17H13BrOS. The van der Waals surface area contributed by atoms with E-state index in [1.165, 1.54) is 0 Å². The van der Waals surface area contributed by atoms with E-state index >= 15 is 0 Å². The Kier molecular flexibility index (Phi) is 3.72. The van der Waals surface area contributed by atoms with Gasteiger partial charge in [-0.15, -0.1) is 0 Å². The van der Waals surface area contributed by atoms with Gasteiger partial charge in [-0.1, -0.05) is 54.6 Å². The van der Waals surface area contributed by atoms with Crippen molar-refractivity contribution >= 4 is 37.5 Å². The van der Waals surface area contributed by atoms with Crippen molar-refractivity contribution in [2.75, 3.05) is 6.26 Å². The molecule has 20 heavy (non-hydrogen) atoms. The average Bonchev–Trinajstić information content (AvgIpc) is 2.47. The normalized spacial score (nSPS) is 12.5. The molecule has 0 aliphatic carbocycles. The molecule has 3 aromatic carbocycles. The molecule has 0 spiro atoms. The van der Waals surface area contributed by atoms with Crippen LogP contribution in [0, 0.1) is 0 Å². The van der Waals surface area contributed by atoms with Gasteiger partial charge in [0.1, 0.15) is 0 Å². The van der Waals surface area contributed by atoms with Crippen LogP contribution in [-0.2, 0) is 10.8 Å². The molecular weight excluding hydrogens is 332 g/mol. The van der Waals surface area contributed by atoms with Crippen molar-refractivity contribution in [1.82, 2.24) is 0 Å². The number of rotatable bonds is 2. The van der Waals surface area contributed by atoms with E-state index < -0.39 is 10.8 Å². The summed E-state index contributed by atoms with van der Waals surface area (Å²) >= 11 is 3.64. The number of benzene rings is 3. The molecule has 0 fully saturated rings. The highest BCUT2D eigenvalue weighted by molar-refractivity contribution is 9.10. The molecule has 3 heteroatoms. The molecule has 0 aromatic heterocycles. The smallest absolute Gasteiger partial charge is 0.0612 e. The summed E-state index contributed by atoms with van der Waals surface area (Å²) in [6.45, 7) is 0. The van der Waals surface area contributed by atoms with E-state index in [0.29, 0.717) is 0 Å². The van der Waals surface area contributed by atoms with E-state index in [2.05, 4.69) is 28.1 Å². The molecule has 1 unspecified atom stereocenters. The van der Waals surface area contributed by atoms with Crippen LogP contribution in [-0.4, -0.2) is 10.5 Å². The molecule has 1 nitrogen and oxygen atoms in total. The molecule has 0 heterocycles. The predicted molar refractivity (Wildman–Crippen MR) is 89.4 cm³/mol. The quantitative estimate of drug-likeness (QED) is 0.638. The zero-order chi connectivity index (χ0) is 14.1. The molecule has 3 aromatic rings. The van der Waals surface area contributed by atoms with Gasteiger partial charge in [0.05, 0.1) is 15.7 Å². The number of halogens is 1. The van der Waals surface area contributed by atoms with Crippen LogP contribution in [0.4, 0.5) is 0 Å². The zero-order valence-electron chi connectivity index (χ0n) is 11.0. The molecule has 0 N–H and O–H groups in total. The topological polar surface area (TPSA) is 17.1 Å². The lowest BCUT2D eigenvalue weighted by Gasteiger charge is -2.13. The maximum absolute atomic E-state index is 12.2. The van der Waals surface area contributed by atoms with Crippen molar-refractivity contribution in [2.45, 2.75) is 4.90 Å². The third-order valence-corrected chi connectivity index (χ3v) is 5.40. The van der Waals surface area contributed by atoms with Crippen molar-refractivity contribution in [3.63, 3.8) is 0 Å². The fourth-order valence-corrected chi connectivity index (χ4v) is 4.50. The van der Waals surface area contributed by atoms with Gasteiger partial charge in [0, 0.05) is 10.7 Å². The van der Waals surface area contributed by atoms with Crippen LogP contribution >= 0.6 is 15.9 Å². The van der Waals surface area contributed by atoms with Crippen molar-refractivity contribution in [2.24, 2.45) is 0 Å². The Labute approximate surface area is 129 Å². The van der Waals surface area contributed by atoms with E-state index in [0.717, 1.165) is 31.3 Å². The second-order valence-electron chi connectivity index (χ2n) is 4.61. The molecule has 3 rings (SSSR count). The second kappa shape index (κ2) is 5.51. The average molecular weight is 345 g/mol. The Morgan fingerprint density at radius 3 is 2.30 bits per heavy atom. The standard InChI is InChI=1S/C17H13BrOS/c1-20(19)17-15(12-7-3-2-4-8-12)11-13-9-5-6-10-14(13)16(17)18/h2-11H,1H3. The number of hydrogen-bond donors (Lipinski definition) is 0. The first-order valence-electron chi connectivity index (χ1n) is 6.28. The third kappa shape index (κ3) is 2.32. The lowest BCUT2D eigenvalue weighted by atomic mass is 10.0. The summed E-state index contributed by atoms with van der Waals surface area (Å²) in [5.74, 6) is 0. The number of hydrogen-bond acceptors (Lipinski definition) is 1. The van der Waals surface area contributed by atoms with Crippen LogP contribution in [0.3, 0.4) is 0 Å². The second-order valence-corrected chi connectivity index (χ2v) is 6.72. The molecule has 0 aliphatic rings. The van der Waals surface area contributed by atoms with Gasteiger partial charge in [0.2, 0.25) is 0 Å². The maximum atomic E-state index is 12.2. The molecule has 0 saturated carbocycles. The van der Waals surface area contributed by atoms with Gasteiger partial charge >= 0.3 is 0 Å². The zero-order valence-corrected chi connectivity index (χ0v) is 13.4. The summed E-state index contributed by atoms with van der Waals surface area (Å²) in [4.78, 5) is 0.856. The van der Waals surface area contributed by atoms with Crippen molar-refractivity contribution in [3.8, 4) is 11.1 Å². The summed E-state index contributed by atoms with van der Waals surface area (Å²) in [6.07, 6.45) is 1.72. The van der Waals surface area contributed by atoms with Crippen LogP contribution in [0.25, 0.3) is 21.9 Å². The minimum absolute atomic E-state index is 0.856.